The Morgan fingerprint density at radius 2 is 1.55 bits per heavy atom. The molecule has 3 heterocycles. The van der Waals surface area contributed by atoms with Gasteiger partial charge < -0.3 is 24.3 Å². The van der Waals surface area contributed by atoms with Crippen LogP contribution in [0.5, 0.6) is 23.0 Å². The van der Waals surface area contributed by atoms with E-state index in [1.807, 2.05) is 18.2 Å². The molecule has 3 amide bonds. The van der Waals surface area contributed by atoms with Crippen molar-refractivity contribution >= 4 is 17.6 Å². The molecule has 0 aromatic heterocycles. The van der Waals surface area contributed by atoms with Crippen molar-refractivity contribution in [2.24, 2.45) is 0 Å². The Labute approximate surface area is 191 Å². The lowest BCUT2D eigenvalue weighted by atomic mass is 10.0. The van der Waals surface area contributed by atoms with Crippen molar-refractivity contribution in [1.29, 1.82) is 0 Å². The van der Waals surface area contributed by atoms with Gasteiger partial charge in [0.25, 0.3) is 0 Å². The van der Waals surface area contributed by atoms with E-state index < -0.39 is 6.03 Å². The average molecular weight is 453 g/mol. The quantitative estimate of drug-likeness (QED) is 0.734. The number of nitrogens with one attached hydrogen (secondary N) is 2. The highest BCUT2D eigenvalue weighted by Crippen LogP contribution is 2.37. The molecule has 174 valence electrons. The summed E-state index contributed by atoms with van der Waals surface area (Å²) in [6.07, 6.45) is 2.78. The lowest BCUT2D eigenvalue weighted by molar-refractivity contribution is -0.121. The Morgan fingerprint density at radius 3 is 2.39 bits per heavy atom. The number of carbonyl (C=O) groups excluding carboxylic acids is 2. The van der Waals surface area contributed by atoms with E-state index in [-0.39, 0.29) is 18.5 Å². The molecule has 0 aliphatic carbocycles. The Morgan fingerprint density at radius 1 is 0.848 bits per heavy atom. The van der Waals surface area contributed by atoms with E-state index in [0.29, 0.717) is 43.6 Å². The van der Waals surface area contributed by atoms with Gasteiger partial charge in [-0.2, -0.15) is 0 Å². The highest BCUT2D eigenvalue weighted by atomic mass is 16.6. The number of imide groups is 1. The van der Waals surface area contributed by atoms with Crippen LogP contribution in [-0.2, 0) is 4.79 Å². The maximum Gasteiger partial charge on any atom is 0.325 e. The lowest BCUT2D eigenvalue weighted by Crippen LogP contribution is -2.41. The zero-order valence-electron chi connectivity index (χ0n) is 18.3. The molecular formula is C24H27N3O6. The van der Waals surface area contributed by atoms with Gasteiger partial charge in [0, 0.05) is 24.2 Å². The van der Waals surface area contributed by atoms with Crippen molar-refractivity contribution in [3.63, 3.8) is 0 Å². The van der Waals surface area contributed by atoms with E-state index >= 15 is 0 Å². The summed E-state index contributed by atoms with van der Waals surface area (Å²) in [7, 11) is 0. The number of anilines is 1. The van der Waals surface area contributed by atoms with Crippen molar-refractivity contribution in [1.82, 2.24) is 10.2 Å². The van der Waals surface area contributed by atoms with Gasteiger partial charge in [-0.05, 0) is 49.2 Å². The molecule has 0 radical (unpaired) electrons. The Bertz CT molecular complexity index is 1040. The molecule has 1 fully saturated rings. The molecule has 5 rings (SSSR count). The van der Waals surface area contributed by atoms with Crippen molar-refractivity contribution in [3.8, 4) is 23.0 Å². The summed E-state index contributed by atoms with van der Waals surface area (Å²) in [5.74, 6) is 2.36. The molecule has 2 N–H and O–H groups in total. The summed E-state index contributed by atoms with van der Waals surface area (Å²) in [6, 6.07) is 10.6. The fraction of sp³-hybridized carbons (Fsp3) is 0.417. The van der Waals surface area contributed by atoms with Crippen LogP contribution in [0.2, 0.25) is 0 Å². The van der Waals surface area contributed by atoms with Crippen LogP contribution in [0.3, 0.4) is 0 Å². The molecule has 9 heteroatoms. The number of hydrogen-bond donors (Lipinski definition) is 2. The van der Waals surface area contributed by atoms with Crippen LogP contribution >= 0.6 is 0 Å². The molecule has 9 nitrogen and oxygen atoms in total. The van der Waals surface area contributed by atoms with Crippen LogP contribution in [0.25, 0.3) is 0 Å². The normalized spacial score (nSPS) is 19.5. The molecule has 1 atom stereocenters. The van der Waals surface area contributed by atoms with Gasteiger partial charge in [-0.1, -0.05) is 6.07 Å². The SMILES string of the molecule is O=C(CN1CCC[C@@H]1c1ccc2c(c1)OCCCO2)NC(=O)Nc1ccc2c(c1)OCCO2. The summed E-state index contributed by atoms with van der Waals surface area (Å²) in [5, 5.41) is 5.09. The Hall–Kier alpha value is -3.46. The summed E-state index contributed by atoms with van der Waals surface area (Å²) < 4.78 is 22.5. The third kappa shape index (κ3) is 4.98. The molecule has 0 spiro atoms. The molecule has 3 aliphatic rings. The fourth-order valence-corrected chi connectivity index (χ4v) is 4.41. The molecule has 33 heavy (non-hydrogen) atoms. The van der Waals surface area contributed by atoms with Gasteiger partial charge in [0.1, 0.15) is 13.2 Å². The molecule has 1 saturated heterocycles. The predicted octanol–water partition coefficient (Wildman–Crippen LogP) is 3.10. The smallest absolute Gasteiger partial charge is 0.325 e. The maximum atomic E-state index is 12.6. The molecule has 2 aromatic carbocycles. The number of ether oxygens (including phenoxy) is 4. The van der Waals surface area contributed by atoms with Crippen LogP contribution < -0.4 is 29.6 Å². The second kappa shape index (κ2) is 9.58. The first-order valence-electron chi connectivity index (χ1n) is 11.3. The van der Waals surface area contributed by atoms with Gasteiger partial charge in [0.05, 0.1) is 19.8 Å². The van der Waals surface area contributed by atoms with E-state index in [1.165, 1.54) is 0 Å². The van der Waals surface area contributed by atoms with E-state index in [2.05, 4.69) is 15.5 Å². The van der Waals surface area contributed by atoms with E-state index in [4.69, 9.17) is 18.9 Å². The van der Waals surface area contributed by atoms with E-state index in [1.54, 1.807) is 18.2 Å². The molecule has 0 unspecified atom stereocenters. The predicted molar refractivity (Wildman–Crippen MR) is 120 cm³/mol. The monoisotopic (exact) mass is 453 g/mol. The minimum Gasteiger partial charge on any atom is -0.490 e. The third-order valence-corrected chi connectivity index (χ3v) is 5.92. The highest BCUT2D eigenvalue weighted by molar-refractivity contribution is 6.01. The minimum atomic E-state index is -0.581. The van der Waals surface area contributed by atoms with Gasteiger partial charge in [-0.15, -0.1) is 0 Å². The number of nitrogens with zero attached hydrogens (tertiary/aromatic N) is 1. The topological polar surface area (TPSA) is 98.4 Å². The first-order chi connectivity index (χ1) is 16.2. The number of carbonyl (C=O) groups is 2. The van der Waals surface area contributed by atoms with Gasteiger partial charge in [0.15, 0.2) is 23.0 Å². The average Bonchev–Trinajstić information content (AvgIpc) is 3.13. The summed E-state index contributed by atoms with van der Waals surface area (Å²) in [4.78, 5) is 27.0. The first kappa shape index (κ1) is 21.4. The summed E-state index contributed by atoms with van der Waals surface area (Å²) in [6.45, 7) is 3.16. The third-order valence-electron chi connectivity index (χ3n) is 5.92. The zero-order chi connectivity index (χ0) is 22.6. The van der Waals surface area contributed by atoms with Gasteiger partial charge in [-0.3, -0.25) is 15.0 Å². The van der Waals surface area contributed by atoms with Crippen LogP contribution in [-0.4, -0.2) is 56.4 Å². The number of amides is 3. The summed E-state index contributed by atoms with van der Waals surface area (Å²) in [5.41, 5.74) is 1.61. The summed E-state index contributed by atoms with van der Waals surface area (Å²) >= 11 is 0. The molecular weight excluding hydrogens is 426 g/mol. The number of likely N-dealkylation sites (tertiary alicyclic amines) is 1. The second-order valence-corrected chi connectivity index (χ2v) is 8.25. The van der Waals surface area contributed by atoms with Crippen LogP contribution in [0.15, 0.2) is 36.4 Å². The van der Waals surface area contributed by atoms with Gasteiger partial charge in [-0.25, -0.2) is 4.79 Å². The van der Waals surface area contributed by atoms with Gasteiger partial charge >= 0.3 is 6.03 Å². The maximum absolute atomic E-state index is 12.6. The molecule has 2 aromatic rings. The highest BCUT2D eigenvalue weighted by Gasteiger charge is 2.29. The van der Waals surface area contributed by atoms with Crippen LogP contribution in [0, 0.1) is 0 Å². The minimum absolute atomic E-state index is 0.0914. The molecule has 0 saturated carbocycles. The second-order valence-electron chi connectivity index (χ2n) is 8.25. The number of hydrogen-bond acceptors (Lipinski definition) is 7. The standard InChI is InChI=1S/C24H27N3O6/c28-23(26-24(29)25-17-5-7-20-22(14-17)33-12-11-32-20)15-27-8-1-3-18(27)16-4-6-19-21(13-16)31-10-2-9-30-19/h4-7,13-14,18H,1-3,8-12,15H2,(H2,25,26,28,29)/t18-/m1/s1. The van der Waals surface area contributed by atoms with Crippen LogP contribution in [0.1, 0.15) is 30.9 Å². The van der Waals surface area contributed by atoms with Crippen molar-refractivity contribution < 1.29 is 28.5 Å². The number of rotatable bonds is 4. The number of benzene rings is 2. The molecule has 3 aliphatic heterocycles. The van der Waals surface area contributed by atoms with Crippen molar-refractivity contribution in [2.75, 3.05) is 44.8 Å². The largest absolute Gasteiger partial charge is 0.490 e. The van der Waals surface area contributed by atoms with Crippen molar-refractivity contribution in [2.45, 2.75) is 25.3 Å². The van der Waals surface area contributed by atoms with Crippen LogP contribution in [0.4, 0.5) is 10.5 Å². The fourth-order valence-electron chi connectivity index (χ4n) is 4.41. The Balaban J connectivity index is 1.18. The zero-order valence-corrected chi connectivity index (χ0v) is 18.3. The van der Waals surface area contributed by atoms with E-state index in [0.717, 1.165) is 42.9 Å². The Kier molecular flexibility index (Phi) is 6.21. The number of urea groups is 1. The lowest BCUT2D eigenvalue weighted by Gasteiger charge is -2.24. The first-order valence-corrected chi connectivity index (χ1v) is 11.3. The van der Waals surface area contributed by atoms with Gasteiger partial charge in [0.2, 0.25) is 5.91 Å². The van der Waals surface area contributed by atoms with Crippen molar-refractivity contribution in [3.05, 3.63) is 42.0 Å². The number of fused-ring (bicyclic) bond motifs is 2. The molecule has 0 bridgehead atoms. The van der Waals surface area contributed by atoms with E-state index in [9.17, 15) is 9.59 Å².